The minimum Gasteiger partial charge on any atom is -0.305 e. The monoisotopic (exact) mass is 264 g/mol. The smallest absolute Gasteiger partial charge is 0.0391 e. The number of nitrogens with one attached hydrogen (secondary N) is 1. The van der Waals surface area contributed by atoms with Gasteiger partial charge in [0.1, 0.15) is 0 Å². The molecule has 0 bridgehead atoms. The summed E-state index contributed by atoms with van der Waals surface area (Å²) in [5.41, 5.74) is 1.44. The lowest BCUT2D eigenvalue weighted by Gasteiger charge is -2.33. The molecule has 2 fully saturated rings. The molecule has 2 saturated heterocycles. The zero-order valence-electron chi connectivity index (χ0n) is 11.5. The first kappa shape index (κ1) is 12.6. The molecule has 3 heteroatoms. The fraction of sp³-hybridized carbons (Fsp3) is 0.733. The third-order valence-corrected chi connectivity index (χ3v) is 5.82. The van der Waals surface area contributed by atoms with E-state index in [9.17, 15) is 0 Å². The van der Waals surface area contributed by atoms with Crippen LogP contribution in [0.15, 0.2) is 11.4 Å². The Morgan fingerprint density at radius 3 is 3.00 bits per heavy atom. The molecular weight excluding hydrogens is 240 g/mol. The standard InChI is InChI=1S/C15H24N2S/c1-11-7-10-18-15(11)12(2)16-13-6-9-17-8-4-3-5-14(13)17/h7,10,12-14,16H,3-6,8-9H2,1-2H3. The summed E-state index contributed by atoms with van der Waals surface area (Å²) in [6.45, 7) is 7.18. The van der Waals surface area contributed by atoms with Crippen LogP contribution in [-0.2, 0) is 0 Å². The Kier molecular flexibility index (Phi) is 3.73. The van der Waals surface area contributed by atoms with Crippen molar-refractivity contribution in [2.75, 3.05) is 13.1 Å². The molecule has 0 spiro atoms. The van der Waals surface area contributed by atoms with Crippen LogP contribution in [0.5, 0.6) is 0 Å². The van der Waals surface area contributed by atoms with Gasteiger partial charge in [-0.1, -0.05) is 6.42 Å². The molecule has 0 aliphatic carbocycles. The number of hydrogen-bond acceptors (Lipinski definition) is 3. The molecular formula is C15H24N2S. The van der Waals surface area contributed by atoms with Crippen LogP contribution in [0.4, 0.5) is 0 Å². The van der Waals surface area contributed by atoms with E-state index >= 15 is 0 Å². The van der Waals surface area contributed by atoms with E-state index in [1.807, 2.05) is 11.3 Å². The average Bonchev–Trinajstić information content (AvgIpc) is 2.97. The summed E-state index contributed by atoms with van der Waals surface area (Å²) in [5, 5.41) is 6.10. The van der Waals surface area contributed by atoms with Gasteiger partial charge in [0.15, 0.2) is 0 Å². The summed E-state index contributed by atoms with van der Waals surface area (Å²) < 4.78 is 0. The maximum absolute atomic E-state index is 3.89. The predicted molar refractivity (Wildman–Crippen MR) is 78.2 cm³/mol. The summed E-state index contributed by atoms with van der Waals surface area (Å²) >= 11 is 1.89. The van der Waals surface area contributed by atoms with Crippen molar-refractivity contribution >= 4 is 11.3 Å². The van der Waals surface area contributed by atoms with Crippen LogP contribution >= 0.6 is 11.3 Å². The summed E-state index contributed by atoms with van der Waals surface area (Å²) in [6.07, 6.45) is 5.56. The Morgan fingerprint density at radius 1 is 1.33 bits per heavy atom. The lowest BCUT2D eigenvalue weighted by molar-refractivity contribution is 0.177. The molecule has 1 aromatic rings. The molecule has 0 saturated carbocycles. The van der Waals surface area contributed by atoms with Crippen molar-refractivity contribution in [3.63, 3.8) is 0 Å². The topological polar surface area (TPSA) is 15.3 Å². The minimum absolute atomic E-state index is 0.511. The maximum Gasteiger partial charge on any atom is 0.0391 e. The van der Waals surface area contributed by atoms with Gasteiger partial charge in [0.2, 0.25) is 0 Å². The number of thiophene rings is 1. The fourth-order valence-electron chi connectivity index (χ4n) is 3.67. The van der Waals surface area contributed by atoms with E-state index in [1.165, 1.54) is 49.2 Å². The summed E-state index contributed by atoms with van der Waals surface area (Å²) in [6, 6.07) is 4.26. The highest BCUT2D eigenvalue weighted by molar-refractivity contribution is 7.10. The van der Waals surface area contributed by atoms with Crippen molar-refractivity contribution in [3.05, 3.63) is 21.9 Å². The number of fused-ring (bicyclic) bond motifs is 1. The Hall–Kier alpha value is -0.380. The van der Waals surface area contributed by atoms with E-state index < -0.39 is 0 Å². The van der Waals surface area contributed by atoms with Crippen molar-refractivity contribution in [1.29, 1.82) is 0 Å². The molecule has 2 aliphatic heterocycles. The van der Waals surface area contributed by atoms with Crippen LogP contribution in [0.1, 0.15) is 49.1 Å². The van der Waals surface area contributed by atoms with E-state index in [2.05, 4.69) is 35.5 Å². The highest BCUT2D eigenvalue weighted by atomic mass is 32.1. The summed E-state index contributed by atoms with van der Waals surface area (Å²) in [4.78, 5) is 4.22. The highest BCUT2D eigenvalue weighted by Crippen LogP contribution is 2.30. The SMILES string of the molecule is Cc1ccsc1C(C)NC1CCN2CCCCC12. The van der Waals surface area contributed by atoms with Gasteiger partial charge < -0.3 is 5.32 Å². The largest absolute Gasteiger partial charge is 0.305 e. The zero-order valence-corrected chi connectivity index (χ0v) is 12.3. The van der Waals surface area contributed by atoms with Crippen LogP contribution in [0, 0.1) is 6.92 Å². The first-order valence-electron chi connectivity index (χ1n) is 7.30. The van der Waals surface area contributed by atoms with E-state index in [1.54, 1.807) is 0 Å². The van der Waals surface area contributed by atoms with Gasteiger partial charge in [-0.3, -0.25) is 4.90 Å². The van der Waals surface area contributed by atoms with E-state index in [-0.39, 0.29) is 0 Å². The van der Waals surface area contributed by atoms with Gasteiger partial charge in [-0.25, -0.2) is 0 Å². The molecule has 3 atom stereocenters. The van der Waals surface area contributed by atoms with E-state index in [4.69, 9.17) is 0 Å². The first-order valence-corrected chi connectivity index (χ1v) is 8.18. The van der Waals surface area contributed by atoms with Gasteiger partial charge in [-0.05, 0) is 56.7 Å². The molecule has 1 aromatic heterocycles. The molecule has 3 heterocycles. The second kappa shape index (κ2) is 5.32. The van der Waals surface area contributed by atoms with Crippen LogP contribution < -0.4 is 5.32 Å². The number of nitrogens with zero attached hydrogens (tertiary/aromatic N) is 1. The molecule has 2 aliphatic rings. The van der Waals surface area contributed by atoms with Crippen molar-refractivity contribution in [1.82, 2.24) is 10.2 Å². The molecule has 2 nitrogen and oxygen atoms in total. The molecule has 0 amide bonds. The predicted octanol–water partition coefficient (Wildman–Crippen LogP) is 3.33. The molecule has 100 valence electrons. The number of piperidine rings is 1. The lowest BCUT2D eigenvalue weighted by Crippen LogP contribution is -2.45. The normalized spacial score (nSPS) is 30.3. The van der Waals surface area contributed by atoms with Gasteiger partial charge >= 0.3 is 0 Å². The van der Waals surface area contributed by atoms with Crippen molar-refractivity contribution in [2.24, 2.45) is 0 Å². The van der Waals surface area contributed by atoms with Crippen LogP contribution in [-0.4, -0.2) is 30.1 Å². The number of rotatable bonds is 3. The highest BCUT2D eigenvalue weighted by Gasteiger charge is 2.36. The van der Waals surface area contributed by atoms with Crippen molar-refractivity contribution in [2.45, 2.75) is 57.7 Å². The Morgan fingerprint density at radius 2 is 2.22 bits per heavy atom. The quantitative estimate of drug-likeness (QED) is 0.901. The van der Waals surface area contributed by atoms with Crippen LogP contribution in [0.3, 0.4) is 0 Å². The van der Waals surface area contributed by atoms with E-state index in [0.717, 1.165) is 6.04 Å². The second-order valence-electron chi connectivity index (χ2n) is 5.85. The van der Waals surface area contributed by atoms with Gasteiger partial charge in [0.05, 0.1) is 0 Å². The fourth-order valence-corrected chi connectivity index (χ4v) is 4.61. The van der Waals surface area contributed by atoms with Gasteiger partial charge in [0.25, 0.3) is 0 Å². The van der Waals surface area contributed by atoms with E-state index in [0.29, 0.717) is 12.1 Å². The van der Waals surface area contributed by atoms with Gasteiger partial charge in [-0.15, -0.1) is 11.3 Å². The average molecular weight is 264 g/mol. The maximum atomic E-state index is 3.89. The van der Waals surface area contributed by atoms with Gasteiger partial charge in [0, 0.05) is 29.5 Å². The molecule has 3 rings (SSSR count). The molecule has 0 radical (unpaired) electrons. The third kappa shape index (κ3) is 2.36. The molecule has 1 N–H and O–H groups in total. The lowest BCUT2D eigenvalue weighted by atomic mass is 9.98. The molecule has 0 aromatic carbocycles. The Labute approximate surface area is 114 Å². The van der Waals surface area contributed by atoms with Crippen molar-refractivity contribution in [3.8, 4) is 0 Å². The third-order valence-electron chi connectivity index (χ3n) is 4.62. The number of hydrogen-bond donors (Lipinski definition) is 1. The molecule has 3 unspecified atom stereocenters. The van der Waals surface area contributed by atoms with Crippen LogP contribution in [0.2, 0.25) is 0 Å². The van der Waals surface area contributed by atoms with Crippen LogP contribution in [0.25, 0.3) is 0 Å². The van der Waals surface area contributed by atoms with Gasteiger partial charge in [-0.2, -0.15) is 0 Å². The Bertz CT molecular complexity index is 401. The first-order chi connectivity index (χ1) is 8.75. The Balaban J connectivity index is 1.64. The second-order valence-corrected chi connectivity index (χ2v) is 6.80. The van der Waals surface area contributed by atoms with Crippen molar-refractivity contribution < 1.29 is 0 Å². The minimum atomic E-state index is 0.511. The number of aryl methyl sites for hydroxylation is 1. The molecule has 18 heavy (non-hydrogen) atoms. The zero-order chi connectivity index (χ0) is 12.5. The summed E-state index contributed by atoms with van der Waals surface area (Å²) in [5.74, 6) is 0. The summed E-state index contributed by atoms with van der Waals surface area (Å²) in [7, 11) is 0.